The molecule has 0 unspecified atom stereocenters. The summed E-state index contributed by atoms with van der Waals surface area (Å²) in [5.74, 6) is -0.722. The van der Waals surface area contributed by atoms with E-state index < -0.39 is 5.82 Å². The highest BCUT2D eigenvalue weighted by molar-refractivity contribution is 6.30. The molecule has 2 atom stereocenters. The fourth-order valence-electron chi connectivity index (χ4n) is 4.77. The number of aliphatic hydroxyl groups excluding tert-OH is 1. The smallest absolute Gasteiger partial charge is 0.136 e. The normalized spacial score (nSPS) is 25.0. The third-order valence-corrected chi connectivity index (χ3v) is 6.56. The van der Waals surface area contributed by atoms with Gasteiger partial charge in [-0.3, -0.25) is 0 Å². The minimum atomic E-state index is -0.549. The standard InChI is InChI=1S/C22H23ClFNO3/c23-12-9-15(24)20(19(27)10-12)13-5-6-17(25-16-3-1-2-4-18(16)26)21-14(13)11-28-22(21)7-8-22/h5-6,9-10,16,18,25-27H,1-4,7-8,11H2/t16-,18-/m1/s1. The van der Waals surface area contributed by atoms with Crippen molar-refractivity contribution in [2.45, 2.75) is 62.9 Å². The number of anilines is 1. The Hall–Kier alpha value is -1.82. The number of phenolic OH excluding ortho intramolecular Hbond substituents is 1. The Morgan fingerprint density at radius 1 is 1.18 bits per heavy atom. The fraction of sp³-hybridized carbons (Fsp3) is 0.455. The highest BCUT2D eigenvalue weighted by Crippen LogP contribution is 2.59. The number of rotatable bonds is 3. The number of nitrogens with one attached hydrogen (secondary N) is 1. The zero-order chi connectivity index (χ0) is 19.5. The molecule has 0 saturated heterocycles. The first-order chi connectivity index (χ1) is 13.5. The van der Waals surface area contributed by atoms with Gasteiger partial charge in [0, 0.05) is 16.3 Å². The van der Waals surface area contributed by atoms with E-state index in [1.165, 1.54) is 12.1 Å². The Labute approximate surface area is 168 Å². The molecule has 0 radical (unpaired) electrons. The van der Waals surface area contributed by atoms with E-state index in [0.29, 0.717) is 12.2 Å². The van der Waals surface area contributed by atoms with Crippen molar-refractivity contribution in [1.82, 2.24) is 0 Å². The third kappa shape index (κ3) is 2.88. The average Bonchev–Trinajstić information content (AvgIpc) is 3.32. The Morgan fingerprint density at radius 3 is 2.68 bits per heavy atom. The molecule has 2 aromatic carbocycles. The summed E-state index contributed by atoms with van der Waals surface area (Å²) in [5.41, 5.74) is 3.40. The molecule has 0 bridgehead atoms. The molecule has 3 aliphatic rings. The van der Waals surface area contributed by atoms with Crippen molar-refractivity contribution in [2.75, 3.05) is 5.32 Å². The van der Waals surface area contributed by atoms with Gasteiger partial charge in [0.05, 0.1) is 29.9 Å². The number of hydrogen-bond acceptors (Lipinski definition) is 4. The predicted octanol–water partition coefficient (Wildman–Crippen LogP) is 5.09. The maximum Gasteiger partial charge on any atom is 0.136 e. The first-order valence-corrected chi connectivity index (χ1v) is 10.3. The molecule has 1 spiro atoms. The molecular formula is C22H23ClFNO3. The van der Waals surface area contributed by atoms with Crippen LogP contribution in [0.2, 0.25) is 5.02 Å². The van der Waals surface area contributed by atoms with Crippen molar-refractivity contribution in [1.29, 1.82) is 0 Å². The molecule has 148 valence electrons. The Morgan fingerprint density at radius 2 is 1.96 bits per heavy atom. The summed E-state index contributed by atoms with van der Waals surface area (Å²) in [6, 6.07) is 6.35. The van der Waals surface area contributed by atoms with Crippen LogP contribution >= 0.6 is 11.6 Å². The third-order valence-electron chi connectivity index (χ3n) is 6.34. The summed E-state index contributed by atoms with van der Waals surface area (Å²) in [4.78, 5) is 0. The number of phenols is 1. The number of aliphatic hydroxyl groups is 1. The maximum atomic E-state index is 14.7. The number of aromatic hydroxyl groups is 1. The van der Waals surface area contributed by atoms with Gasteiger partial charge < -0.3 is 20.3 Å². The van der Waals surface area contributed by atoms with Gasteiger partial charge in [0.1, 0.15) is 11.6 Å². The summed E-state index contributed by atoms with van der Waals surface area (Å²) in [5, 5.41) is 24.4. The first-order valence-electron chi connectivity index (χ1n) is 9.92. The van der Waals surface area contributed by atoms with Crippen molar-refractivity contribution in [3.8, 4) is 16.9 Å². The lowest BCUT2D eigenvalue weighted by molar-refractivity contribution is 0.0445. The van der Waals surface area contributed by atoms with Crippen LogP contribution in [0.1, 0.15) is 49.7 Å². The highest BCUT2D eigenvalue weighted by atomic mass is 35.5. The van der Waals surface area contributed by atoms with Crippen LogP contribution in [0.3, 0.4) is 0 Å². The zero-order valence-corrected chi connectivity index (χ0v) is 16.2. The molecule has 1 aliphatic heterocycles. The highest BCUT2D eigenvalue weighted by Gasteiger charge is 2.53. The fourth-order valence-corrected chi connectivity index (χ4v) is 4.97. The van der Waals surface area contributed by atoms with Gasteiger partial charge in [-0.05, 0) is 55.0 Å². The van der Waals surface area contributed by atoms with Gasteiger partial charge in [-0.1, -0.05) is 30.5 Å². The van der Waals surface area contributed by atoms with Crippen molar-refractivity contribution >= 4 is 17.3 Å². The van der Waals surface area contributed by atoms with Crippen LogP contribution in [-0.2, 0) is 16.9 Å². The molecule has 5 rings (SSSR count). The first kappa shape index (κ1) is 18.2. The second-order valence-corrected chi connectivity index (χ2v) is 8.62. The molecule has 0 amide bonds. The monoisotopic (exact) mass is 403 g/mol. The van der Waals surface area contributed by atoms with Gasteiger partial charge in [0.25, 0.3) is 0 Å². The van der Waals surface area contributed by atoms with Crippen LogP contribution in [0.25, 0.3) is 11.1 Å². The summed E-state index contributed by atoms with van der Waals surface area (Å²) in [6.45, 7) is 0.384. The summed E-state index contributed by atoms with van der Waals surface area (Å²) >= 11 is 5.87. The SMILES string of the molecule is Oc1cc(Cl)cc(F)c1-c1ccc(N[C@@H]2CCCC[C@H]2O)c2c1COC21CC1. The molecule has 3 N–H and O–H groups in total. The van der Waals surface area contributed by atoms with Crippen LogP contribution in [0.15, 0.2) is 24.3 Å². The molecule has 28 heavy (non-hydrogen) atoms. The van der Waals surface area contributed by atoms with Crippen molar-refractivity contribution in [3.63, 3.8) is 0 Å². The van der Waals surface area contributed by atoms with E-state index in [2.05, 4.69) is 5.32 Å². The molecule has 2 fully saturated rings. The predicted molar refractivity (Wildman–Crippen MR) is 106 cm³/mol. The van der Waals surface area contributed by atoms with Crippen molar-refractivity contribution in [3.05, 3.63) is 46.2 Å². The number of hydrogen-bond donors (Lipinski definition) is 3. The molecule has 1 heterocycles. The van der Waals surface area contributed by atoms with Crippen LogP contribution < -0.4 is 5.32 Å². The van der Waals surface area contributed by atoms with E-state index in [-0.39, 0.29) is 34.1 Å². The van der Waals surface area contributed by atoms with E-state index in [1.54, 1.807) is 0 Å². The summed E-state index contributed by atoms with van der Waals surface area (Å²) in [7, 11) is 0. The maximum absolute atomic E-state index is 14.7. The topological polar surface area (TPSA) is 61.7 Å². The second-order valence-electron chi connectivity index (χ2n) is 8.18. The number of fused-ring (bicyclic) bond motifs is 2. The van der Waals surface area contributed by atoms with Gasteiger partial charge in [-0.2, -0.15) is 0 Å². The summed E-state index contributed by atoms with van der Waals surface area (Å²) < 4.78 is 20.8. The van der Waals surface area contributed by atoms with Crippen molar-refractivity contribution in [2.24, 2.45) is 0 Å². The van der Waals surface area contributed by atoms with Crippen LogP contribution in [0, 0.1) is 5.82 Å². The zero-order valence-electron chi connectivity index (χ0n) is 15.5. The van der Waals surface area contributed by atoms with E-state index in [0.717, 1.165) is 55.3 Å². The molecule has 2 aromatic rings. The van der Waals surface area contributed by atoms with Gasteiger partial charge in [0.2, 0.25) is 0 Å². The molecular weight excluding hydrogens is 381 g/mol. The Balaban J connectivity index is 1.60. The van der Waals surface area contributed by atoms with E-state index >= 15 is 0 Å². The lowest BCUT2D eigenvalue weighted by Gasteiger charge is -2.30. The van der Waals surface area contributed by atoms with Gasteiger partial charge in [0.15, 0.2) is 0 Å². The van der Waals surface area contributed by atoms with Gasteiger partial charge in [-0.15, -0.1) is 0 Å². The van der Waals surface area contributed by atoms with E-state index in [9.17, 15) is 14.6 Å². The Bertz CT molecular complexity index is 921. The molecule has 2 saturated carbocycles. The minimum absolute atomic E-state index is 0.0146. The lowest BCUT2D eigenvalue weighted by atomic mass is 9.89. The summed E-state index contributed by atoms with van der Waals surface area (Å²) in [6.07, 6.45) is 5.39. The van der Waals surface area contributed by atoms with Gasteiger partial charge in [-0.25, -0.2) is 4.39 Å². The van der Waals surface area contributed by atoms with Crippen LogP contribution in [0.5, 0.6) is 5.75 Å². The van der Waals surface area contributed by atoms with Crippen molar-refractivity contribution < 1.29 is 19.3 Å². The molecule has 2 aliphatic carbocycles. The number of ether oxygens (including phenoxy) is 1. The minimum Gasteiger partial charge on any atom is -0.507 e. The molecule has 6 heteroatoms. The lowest BCUT2D eigenvalue weighted by Crippen LogP contribution is -2.36. The largest absolute Gasteiger partial charge is 0.507 e. The Kier molecular flexibility index (Phi) is 4.30. The molecule has 4 nitrogen and oxygen atoms in total. The van der Waals surface area contributed by atoms with Crippen LogP contribution in [-0.4, -0.2) is 22.4 Å². The van der Waals surface area contributed by atoms with Crippen LogP contribution in [0.4, 0.5) is 10.1 Å². The van der Waals surface area contributed by atoms with Gasteiger partial charge >= 0.3 is 0 Å². The second kappa shape index (κ2) is 6.61. The van der Waals surface area contributed by atoms with E-state index in [1.807, 2.05) is 12.1 Å². The molecule has 0 aromatic heterocycles. The quantitative estimate of drug-likeness (QED) is 0.668. The van der Waals surface area contributed by atoms with E-state index in [4.69, 9.17) is 16.3 Å². The average molecular weight is 404 g/mol. The number of halogens is 2. The number of benzene rings is 2.